The fourth-order valence-electron chi connectivity index (χ4n) is 3.77. The number of hydrogen-bond donors (Lipinski definition) is 0. The maximum absolute atomic E-state index is 12.5. The predicted molar refractivity (Wildman–Crippen MR) is 93.5 cm³/mol. The molecule has 1 aromatic heterocycles. The molecule has 1 aromatic carbocycles. The lowest BCUT2D eigenvalue weighted by molar-refractivity contribution is -0.137. The van der Waals surface area contributed by atoms with Crippen molar-refractivity contribution in [3.05, 3.63) is 36.2 Å². The van der Waals surface area contributed by atoms with Gasteiger partial charge in [0.25, 0.3) is 0 Å². The Hall–Kier alpha value is -2.21. The molecule has 2 fully saturated rings. The topological polar surface area (TPSA) is 62.5 Å². The number of carbonyl (C=O) groups excluding carboxylic acids is 1. The third kappa shape index (κ3) is 3.74. The van der Waals surface area contributed by atoms with E-state index >= 15 is 0 Å². The number of benzene rings is 1. The molecule has 132 valence electrons. The first-order valence-electron chi connectivity index (χ1n) is 9.19. The molecule has 1 saturated heterocycles. The van der Waals surface area contributed by atoms with Crippen LogP contribution in [-0.2, 0) is 11.3 Å². The van der Waals surface area contributed by atoms with Gasteiger partial charge < -0.3 is 9.42 Å². The van der Waals surface area contributed by atoms with Gasteiger partial charge in [-0.3, -0.25) is 9.69 Å². The van der Waals surface area contributed by atoms with Crippen LogP contribution in [0.2, 0.25) is 0 Å². The van der Waals surface area contributed by atoms with Crippen LogP contribution in [0, 0.1) is 5.92 Å². The molecule has 6 nitrogen and oxygen atoms in total. The minimum atomic E-state index is 0.274. The number of aromatic nitrogens is 2. The molecular formula is C19H24N4O2. The van der Waals surface area contributed by atoms with Gasteiger partial charge in [-0.1, -0.05) is 48.3 Å². The van der Waals surface area contributed by atoms with Gasteiger partial charge in [-0.25, -0.2) is 0 Å². The van der Waals surface area contributed by atoms with Crippen molar-refractivity contribution in [2.75, 3.05) is 26.2 Å². The Balaban J connectivity index is 1.30. The minimum absolute atomic E-state index is 0.274. The largest absolute Gasteiger partial charge is 0.340 e. The second-order valence-corrected chi connectivity index (χ2v) is 6.96. The lowest BCUT2D eigenvalue weighted by Crippen LogP contribution is -2.49. The highest BCUT2D eigenvalue weighted by Crippen LogP contribution is 2.27. The zero-order chi connectivity index (χ0) is 17.1. The van der Waals surface area contributed by atoms with Crippen molar-refractivity contribution >= 4 is 5.91 Å². The molecule has 0 bridgehead atoms. The summed E-state index contributed by atoms with van der Waals surface area (Å²) in [5.74, 6) is 1.90. The maximum atomic E-state index is 12.5. The SMILES string of the molecule is O=C(C1CCCC1)N1CCN(Cc2nc(-c3ccccc3)no2)CC1. The smallest absolute Gasteiger partial charge is 0.241 e. The summed E-state index contributed by atoms with van der Waals surface area (Å²) in [6.45, 7) is 3.97. The first-order chi connectivity index (χ1) is 12.3. The molecule has 1 saturated carbocycles. The molecule has 1 aliphatic carbocycles. The van der Waals surface area contributed by atoms with Gasteiger partial charge in [0.1, 0.15) is 0 Å². The van der Waals surface area contributed by atoms with Gasteiger partial charge in [-0.05, 0) is 12.8 Å². The standard InChI is InChI=1S/C19H24N4O2/c24-19(16-8-4-5-9-16)23-12-10-22(11-13-23)14-17-20-18(21-25-17)15-6-2-1-3-7-15/h1-3,6-7,16H,4-5,8-14H2. The van der Waals surface area contributed by atoms with E-state index < -0.39 is 0 Å². The van der Waals surface area contributed by atoms with E-state index in [1.54, 1.807) is 0 Å². The third-order valence-corrected chi connectivity index (χ3v) is 5.25. The predicted octanol–water partition coefficient (Wildman–Crippen LogP) is 2.57. The summed E-state index contributed by atoms with van der Waals surface area (Å²) < 4.78 is 5.39. The normalized spacial score (nSPS) is 19.4. The fourth-order valence-corrected chi connectivity index (χ4v) is 3.77. The van der Waals surface area contributed by atoms with Crippen molar-refractivity contribution in [2.45, 2.75) is 32.2 Å². The summed E-state index contributed by atoms with van der Waals surface area (Å²) in [5, 5.41) is 4.07. The highest BCUT2D eigenvalue weighted by Gasteiger charge is 2.29. The van der Waals surface area contributed by atoms with E-state index in [1.807, 2.05) is 35.2 Å². The molecule has 6 heteroatoms. The van der Waals surface area contributed by atoms with Crippen LogP contribution in [0.1, 0.15) is 31.6 Å². The van der Waals surface area contributed by atoms with Crippen LogP contribution in [0.5, 0.6) is 0 Å². The van der Waals surface area contributed by atoms with E-state index in [0.29, 0.717) is 24.2 Å². The van der Waals surface area contributed by atoms with Crippen molar-refractivity contribution in [1.82, 2.24) is 19.9 Å². The summed E-state index contributed by atoms with van der Waals surface area (Å²) >= 11 is 0. The molecular weight excluding hydrogens is 316 g/mol. The van der Waals surface area contributed by atoms with Gasteiger partial charge in [-0.2, -0.15) is 4.98 Å². The number of carbonyl (C=O) groups is 1. The van der Waals surface area contributed by atoms with Crippen LogP contribution in [0.3, 0.4) is 0 Å². The fraction of sp³-hybridized carbons (Fsp3) is 0.526. The van der Waals surface area contributed by atoms with E-state index in [0.717, 1.165) is 44.6 Å². The Morgan fingerprint density at radius 1 is 1.08 bits per heavy atom. The van der Waals surface area contributed by atoms with E-state index in [4.69, 9.17) is 4.52 Å². The molecule has 0 unspecified atom stereocenters. The van der Waals surface area contributed by atoms with Crippen molar-refractivity contribution < 1.29 is 9.32 Å². The quantitative estimate of drug-likeness (QED) is 0.856. The minimum Gasteiger partial charge on any atom is -0.340 e. The van der Waals surface area contributed by atoms with Crippen LogP contribution in [0.25, 0.3) is 11.4 Å². The molecule has 2 aliphatic rings. The van der Waals surface area contributed by atoms with Gasteiger partial charge in [0.2, 0.25) is 17.6 Å². The zero-order valence-electron chi connectivity index (χ0n) is 14.4. The lowest BCUT2D eigenvalue weighted by atomic mass is 10.1. The second kappa shape index (κ2) is 7.35. The van der Waals surface area contributed by atoms with Gasteiger partial charge >= 0.3 is 0 Å². The maximum Gasteiger partial charge on any atom is 0.241 e. The van der Waals surface area contributed by atoms with Crippen LogP contribution >= 0.6 is 0 Å². The summed E-state index contributed by atoms with van der Waals surface area (Å²) in [4.78, 5) is 21.3. The average Bonchev–Trinajstić information content (AvgIpc) is 3.35. The second-order valence-electron chi connectivity index (χ2n) is 6.96. The molecule has 0 radical (unpaired) electrons. The highest BCUT2D eigenvalue weighted by molar-refractivity contribution is 5.79. The van der Waals surface area contributed by atoms with Crippen LogP contribution in [-0.4, -0.2) is 52.0 Å². The van der Waals surface area contributed by atoms with Crippen LogP contribution < -0.4 is 0 Å². The number of amides is 1. The highest BCUT2D eigenvalue weighted by atomic mass is 16.5. The molecule has 2 aromatic rings. The molecule has 0 atom stereocenters. The molecule has 1 aliphatic heterocycles. The van der Waals surface area contributed by atoms with Gasteiger partial charge in [0.15, 0.2) is 0 Å². The number of rotatable bonds is 4. The Labute approximate surface area is 147 Å². The van der Waals surface area contributed by atoms with Gasteiger partial charge in [0, 0.05) is 37.7 Å². The molecule has 25 heavy (non-hydrogen) atoms. The molecule has 4 rings (SSSR count). The van der Waals surface area contributed by atoms with Crippen molar-refractivity contribution in [1.29, 1.82) is 0 Å². The summed E-state index contributed by atoms with van der Waals surface area (Å²) in [7, 11) is 0. The summed E-state index contributed by atoms with van der Waals surface area (Å²) in [6.07, 6.45) is 4.56. The van der Waals surface area contributed by atoms with E-state index in [1.165, 1.54) is 12.8 Å². The Bertz CT molecular complexity index is 701. The zero-order valence-corrected chi connectivity index (χ0v) is 14.4. The van der Waals surface area contributed by atoms with Crippen LogP contribution in [0.15, 0.2) is 34.9 Å². The van der Waals surface area contributed by atoms with Crippen molar-refractivity contribution in [3.63, 3.8) is 0 Å². The van der Waals surface area contributed by atoms with E-state index in [-0.39, 0.29) is 5.92 Å². The monoisotopic (exact) mass is 340 g/mol. The third-order valence-electron chi connectivity index (χ3n) is 5.25. The molecule has 2 heterocycles. The Morgan fingerprint density at radius 3 is 2.52 bits per heavy atom. The Morgan fingerprint density at radius 2 is 1.80 bits per heavy atom. The molecule has 0 spiro atoms. The first-order valence-corrected chi connectivity index (χ1v) is 9.19. The number of hydrogen-bond acceptors (Lipinski definition) is 5. The lowest BCUT2D eigenvalue weighted by Gasteiger charge is -2.35. The van der Waals surface area contributed by atoms with Gasteiger partial charge in [-0.15, -0.1) is 0 Å². The first kappa shape index (κ1) is 16.3. The summed E-state index contributed by atoms with van der Waals surface area (Å²) in [5.41, 5.74) is 0.962. The number of nitrogens with zero attached hydrogens (tertiary/aromatic N) is 4. The average molecular weight is 340 g/mol. The van der Waals surface area contributed by atoms with Crippen molar-refractivity contribution in [3.8, 4) is 11.4 Å². The number of piperazine rings is 1. The van der Waals surface area contributed by atoms with Crippen molar-refractivity contribution in [2.24, 2.45) is 5.92 Å². The van der Waals surface area contributed by atoms with E-state index in [2.05, 4.69) is 15.0 Å². The molecule has 0 N–H and O–H groups in total. The summed E-state index contributed by atoms with van der Waals surface area (Å²) in [6, 6.07) is 9.85. The Kier molecular flexibility index (Phi) is 4.78. The van der Waals surface area contributed by atoms with E-state index in [9.17, 15) is 4.79 Å². The molecule has 1 amide bonds. The van der Waals surface area contributed by atoms with Gasteiger partial charge in [0.05, 0.1) is 6.54 Å². The van der Waals surface area contributed by atoms with Crippen LogP contribution in [0.4, 0.5) is 0 Å².